The molecule has 0 unspecified atom stereocenters. The van der Waals surface area contributed by atoms with Gasteiger partial charge in [0.2, 0.25) is 5.91 Å². The SMILES string of the molecule is Cn1nc(C(=O)Nc2cnn(Cc3ccc(F)cc3)c2)cc1NC(=O)Cc1ccccc1. The first kappa shape index (κ1) is 21.0. The van der Waals surface area contributed by atoms with Crippen molar-refractivity contribution in [3.63, 3.8) is 0 Å². The van der Waals surface area contributed by atoms with Crippen LogP contribution in [0.3, 0.4) is 0 Å². The van der Waals surface area contributed by atoms with Gasteiger partial charge in [0.05, 0.1) is 24.8 Å². The van der Waals surface area contributed by atoms with E-state index in [1.165, 1.54) is 29.1 Å². The third-order valence-corrected chi connectivity index (χ3v) is 4.74. The number of amides is 2. The summed E-state index contributed by atoms with van der Waals surface area (Å²) in [4.78, 5) is 24.9. The smallest absolute Gasteiger partial charge is 0.276 e. The second kappa shape index (κ2) is 9.25. The van der Waals surface area contributed by atoms with Crippen LogP contribution in [0.25, 0.3) is 0 Å². The third-order valence-electron chi connectivity index (χ3n) is 4.74. The molecule has 32 heavy (non-hydrogen) atoms. The van der Waals surface area contributed by atoms with Gasteiger partial charge in [0.1, 0.15) is 11.6 Å². The van der Waals surface area contributed by atoms with Gasteiger partial charge in [-0.3, -0.25) is 19.0 Å². The van der Waals surface area contributed by atoms with Crippen LogP contribution in [0.4, 0.5) is 15.9 Å². The van der Waals surface area contributed by atoms with Crippen LogP contribution in [0.1, 0.15) is 21.6 Å². The van der Waals surface area contributed by atoms with Gasteiger partial charge < -0.3 is 10.6 Å². The van der Waals surface area contributed by atoms with Crippen LogP contribution in [0.2, 0.25) is 0 Å². The third kappa shape index (κ3) is 5.25. The number of carbonyl (C=O) groups is 2. The Kier molecular flexibility index (Phi) is 6.07. The molecular formula is C23H21FN6O2. The van der Waals surface area contributed by atoms with Crippen LogP contribution >= 0.6 is 0 Å². The first-order valence-electron chi connectivity index (χ1n) is 9.92. The minimum Gasteiger partial charge on any atom is -0.318 e. The van der Waals surface area contributed by atoms with Gasteiger partial charge in [-0.2, -0.15) is 10.2 Å². The van der Waals surface area contributed by atoms with Crippen LogP contribution < -0.4 is 10.6 Å². The van der Waals surface area contributed by atoms with Gasteiger partial charge in [0.15, 0.2) is 5.69 Å². The maximum atomic E-state index is 13.0. The first-order chi connectivity index (χ1) is 15.5. The number of nitrogens with zero attached hydrogens (tertiary/aromatic N) is 4. The van der Waals surface area contributed by atoms with Crippen molar-refractivity contribution in [3.05, 3.63) is 95.7 Å². The number of hydrogen-bond acceptors (Lipinski definition) is 4. The molecule has 2 amide bonds. The molecule has 2 heterocycles. The van der Waals surface area contributed by atoms with Crippen molar-refractivity contribution in [3.8, 4) is 0 Å². The van der Waals surface area contributed by atoms with E-state index in [0.717, 1.165) is 11.1 Å². The minimum absolute atomic E-state index is 0.161. The summed E-state index contributed by atoms with van der Waals surface area (Å²) < 4.78 is 16.1. The summed E-state index contributed by atoms with van der Waals surface area (Å²) in [5, 5.41) is 13.9. The number of nitrogens with one attached hydrogen (secondary N) is 2. The summed E-state index contributed by atoms with van der Waals surface area (Å²) in [7, 11) is 1.65. The van der Waals surface area contributed by atoms with Crippen LogP contribution in [0.5, 0.6) is 0 Å². The second-order valence-electron chi connectivity index (χ2n) is 7.26. The highest BCUT2D eigenvalue weighted by molar-refractivity contribution is 6.03. The standard InChI is InChI=1S/C23H21FN6O2/c1-29-21(27-22(31)11-16-5-3-2-4-6-16)12-20(28-29)23(32)26-19-13-25-30(15-19)14-17-7-9-18(24)10-8-17/h2-10,12-13,15H,11,14H2,1H3,(H,26,32)(H,27,31). The van der Waals surface area contributed by atoms with Crippen LogP contribution in [0.15, 0.2) is 73.1 Å². The van der Waals surface area contributed by atoms with Gasteiger partial charge in [-0.1, -0.05) is 42.5 Å². The largest absolute Gasteiger partial charge is 0.318 e. The van der Waals surface area contributed by atoms with Gasteiger partial charge in [-0.05, 0) is 23.3 Å². The highest BCUT2D eigenvalue weighted by Crippen LogP contribution is 2.14. The number of rotatable bonds is 7. The average Bonchev–Trinajstić information content (AvgIpc) is 3.36. The van der Waals surface area contributed by atoms with Gasteiger partial charge in [-0.15, -0.1) is 0 Å². The summed E-state index contributed by atoms with van der Waals surface area (Å²) >= 11 is 0. The molecule has 0 aliphatic rings. The van der Waals surface area contributed by atoms with E-state index >= 15 is 0 Å². The number of aromatic nitrogens is 4. The van der Waals surface area contributed by atoms with Crippen LogP contribution in [0, 0.1) is 5.82 Å². The lowest BCUT2D eigenvalue weighted by Crippen LogP contribution is -2.16. The Morgan fingerprint density at radius 3 is 2.50 bits per heavy atom. The molecule has 0 spiro atoms. The van der Waals surface area contributed by atoms with Crippen molar-refractivity contribution in [2.24, 2.45) is 7.05 Å². The average molecular weight is 432 g/mol. The van der Waals surface area contributed by atoms with Gasteiger partial charge >= 0.3 is 0 Å². The molecule has 4 aromatic rings. The van der Waals surface area contributed by atoms with E-state index in [2.05, 4.69) is 20.8 Å². The molecule has 0 aliphatic carbocycles. The van der Waals surface area contributed by atoms with Crippen LogP contribution in [-0.2, 0) is 24.8 Å². The first-order valence-corrected chi connectivity index (χ1v) is 9.92. The molecule has 162 valence electrons. The molecule has 0 radical (unpaired) electrons. The molecule has 8 nitrogen and oxygen atoms in total. The molecule has 0 aliphatic heterocycles. The summed E-state index contributed by atoms with van der Waals surface area (Å²) in [5.74, 6) is -0.505. The molecular weight excluding hydrogens is 411 g/mol. The molecule has 0 saturated carbocycles. The lowest BCUT2D eigenvalue weighted by atomic mass is 10.1. The highest BCUT2D eigenvalue weighted by atomic mass is 19.1. The number of halogens is 1. The molecule has 2 aromatic heterocycles. The van der Waals surface area contributed by atoms with Crippen molar-refractivity contribution < 1.29 is 14.0 Å². The summed E-state index contributed by atoms with van der Waals surface area (Å²) in [5.41, 5.74) is 2.43. The maximum absolute atomic E-state index is 13.0. The number of anilines is 2. The number of benzene rings is 2. The normalized spacial score (nSPS) is 10.7. The molecule has 4 rings (SSSR count). The molecule has 0 fully saturated rings. The van der Waals surface area contributed by atoms with Gasteiger partial charge in [-0.25, -0.2) is 4.39 Å². The lowest BCUT2D eigenvalue weighted by Gasteiger charge is -2.04. The predicted molar refractivity (Wildman–Crippen MR) is 118 cm³/mol. The fraction of sp³-hybridized carbons (Fsp3) is 0.130. The van der Waals surface area contributed by atoms with E-state index in [4.69, 9.17) is 0 Å². The fourth-order valence-electron chi connectivity index (χ4n) is 3.15. The van der Waals surface area contributed by atoms with Gasteiger partial charge in [0, 0.05) is 19.3 Å². The fourth-order valence-corrected chi connectivity index (χ4v) is 3.15. The summed E-state index contributed by atoms with van der Waals surface area (Å²) in [6.07, 6.45) is 3.42. The molecule has 0 bridgehead atoms. The number of carbonyl (C=O) groups excluding carboxylic acids is 2. The summed E-state index contributed by atoms with van der Waals surface area (Å²) in [6.45, 7) is 0.442. The molecule has 2 N–H and O–H groups in total. The van der Waals surface area contributed by atoms with Crippen LogP contribution in [-0.4, -0.2) is 31.4 Å². The zero-order valence-electron chi connectivity index (χ0n) is 17.3. The van der Waals surface area contributed by atoms with Crippen molar-refractivity contribution in [1.29, 1.82) is 0 Å². The van der Waals surface area contributed by atoms with E-state index in [1.807, 2.05) is 30.3 Å². The monoisotopic (exact) mass is 432 g/mol. The second-order valence-corrected chi connectivity index (χ2v) is 7.26. The predicted octanol–water partition coefficient (Wildman–Crippen LogP) is 3.24. The topological polar surface area (TPSA) is 93.8 Å². The highest BCUT2D eigenvalue weighted by Gasteiger charge is 2.15. The summed E-state index contributed by atoms with van der Waals surface area (Å²) in [6, 6.07) is 17.0. The molecule has 0 atom stereocenters. The van der Waals surface area contributed by atoms with E-state index in [1.54, 1.807) is 30.1 Å². The minimum atomic E-state index is -0.425. The number of hydrogen-bond donors (Lipinski definition) is 2. The Morgan fingerprint density at radius 1 is 1.00 bits per heavy atom. The zero-order valence-corrected chi connectivity index (χ0v) is 17.3. The van der Waals surface area contributed by atoms with E-state index in [0.29, 0.717) is 18.1 Å². The number of aryl methyl sites for hydroxylation is 1. The zero-order chi connectivity index (χ0) is 22.5. The van der Waals surface area contributed by atoms with E-state index in [9.17, 15) is 14.0 Å². The Morgan fingerprint density at radius 2 is 1.75 bits per heavy atom. The van der Waals surface area contributed by atoms with Crippen molar-refractivity contribution >= 4 is 23.3 Å². The Labute approximate surface area is 183 Å². The van der Waals surface area contributed by atoms with Crippen molar-refractivity contribution in [2.75, 3.05) is 10.6 Å². The Hall–Kier alpha value is -4.27. The Balaban J connectivity index is 1.36. The molecule has 2 aromatic carbocycles. The van der Waals surface area contributed by atoms with Gasteiger partial charge in [0.25, 0.3) is 5.91 Å². The Bertz CT molecular complexity index is 1230. The molecule has 0 saturated heterocycles. The van der Waals surface area contributed by atoms with E-state index in [-0.39, 0.29) is 23.8 Å². The lowest BCUT2D eigenvalue weighted by molar-refractivity contribution is -0.115. The van der Waals surface area contributed by atoms with Crippen molar-refractivity contribution in [1.82, 2.24) is 19.6 Å². The van der Waals surface area contributed by atoms with E-state index < -0.39 is 5.91 Å². The maximum Gasteiger partial charge on any atom is 0.276 e. The van der Waals surface area contributed by atoms with Crippen molar-refractivity contribution in [2.45, 2.75) is 13.0 Å². The quantitative estimate of drug-likeness (QED) is 0.469. The molecule has 9 heteroatoms.